The summed E-state index contributed by atoms with van der Waals surface area (Å²) >= 11 is 8.29. The molecule has 0 unspecified atom stereocenters. The van der Waals surface area contributed by atoms with Crippen molar-refractivity contribution in [2.45, 2.75) is 19.4 Å². The highest BCUT2D eigenvalue weighted by molar-refractivity contribution is 9.13. The number of nitrogens with zero attached hydrogens (tertiary/aromatic N) is 1. The van der Waals surface area contributed by atoms with Crippen molar-refractivity contribution in [1.82, 2.24) is 0 Å². The third-order valence-electron chi connectivity index (χ3n) is 2.49. The average molecular weight is 427 g/mol. The highest BCUT2D eigenvalue weighted by Gasteiger charge is 2.31. The van der Waals surface area contributed by atoms with Gasteiger partial charge in [0.25, 0.3) is 0 Å². The van der Waals surface area contributed by atoms with Crippen molar-refractivity contribution in [2.24, 2.45) is 4.99 Å². The van der Waals surface area contributed by atoms with Crippen LogP contribution in [0.25, 0.3) is 0 Å². The van der Waals surface area contributed by atoms with E-state index in [9.17, 15) is 4.79 Å². The van der Waals surface area contributed by atoms with E-state index in [2.05, 4.69) is 41.6 Å². The summed E-state index contributed by atoms with van der Waals surface area (Å²) in [4.78, 5) is 16.5. The second kappa shape index (κ2) is 6.03. The van der Waals surface area contributed by atoms with Crippen LogP contribution in [-0.2, 0) is 14.3 Å². The molecule has 0 amide bonds. The smallest absolute Gasteiger partial charge is 0.343 e. The van der Waals surface area contributed by atoms with Crippen LogP contribution in [0.1, 0.15) is 18.7 Å². The molecule has 2 rings (SSSR count). The van der Waals surface area contributed by atoms with Gasteiger partial charge < -0.3 is 14.2 Å². The van der Waals surface area contributed by atoms with Gasteiger partial charge in [0.2, 0.25) is 5.90 Å². The summed E-state index contributed by atoms with van der Waals surface area (Å²) < 4.78 is 17.3. The van der Waals surface area contributed by atoms with Gasteiger partial charge in [0.15, 0.2) is 12.4 Å². The van der Waals surface area contributed by atoms with Crippen LogP contribution < -0.4 is 4.74 Å². The van der Waals surface area contributed by atoms with Crippen LogP contribution in [0.2, 0.25) is 0 Å². The molecule has 0 radical (unpaired) electrons. The van der Waals surface area contributed by atoms with Crippen molar-refractivity contribution in [1.29, 1.82) is 0 Å². The molecular formula is C12H13Br2NO4S. The van der Waals surface area contributed by atoms with Crippen LogP contribution in [0.3, 0.4) is 0 Å². The monoisotopic (exact) mass is 425 g/mol. The largest absolute Gasteiger partial charge is 0.479 e. The van der Waals surface area contributed by atoms with Crippen LogP contribution in [0, 0.1) is 0 Å². The Morgan fingerprint density at radius 3 is 2.75 bits per heavy atom. The number of esters is 1. The maximum Gasteiger partial charge on any atom is 0.343 e. The van der Waals surface area contributed by atoms with Gasteiger partial charge in [-0.3, -0.25) is 0 Å². The van der Waals surface area contributed by atoms with Gasteiger partial charge in [0.1, 0.15) is 11.5 Å². The summed E-state index contributed by atoms with van der Waals surface area (Å²) in [5.74, 6) is 0.620. The Bertz CT molecular complexity index is 568. The molecule has 8 heteroatoms. The predicted octanol–water partition coefficient (Wildman–Crippen LogP) is 3.38. The van der Waals surface area contributed by atoms with E-state index in [0.29, 0.717) is 18.3 Å². The topological polar surface area (TPSA) is 57.1 Å². The summed E-state index contributed by atoms with van der Waals surface area (Å²) in [5, 5.41) is 0. The summed E-state index contributed by atoms with van der Waals surface area (Å²) in [5.41, 5.74) is -0.252. The molecule has 5 nitrogen and oxygen atoms in total. The Balaban J connectivity index is 2.30. The predicted molar refractivity (Wildman–Crippen MR) is 83.8 cm³/mol. The minimum Gasteiger partial charge on any atom is -0.479 e. The normalized spacial score (nSPS) is 16.6. The number of methoxy groups -OCH3 is 1. The molecule has 0 atom stereocenters. The van der Waals surface area contributed by atoms with Gasteiger partial charge in [0, 0.05) is 0 Å². The first-order valence-corrected chi connectivity index (χ1v) is 8.15. The van der Waals surface area contributed by atoms with Gasteiger partial charge in [-0.25, -0.2) is 9.79 Å². The molecule has 20 heavy (non-hydrogen) atoms. The molecule has 1 aliphatic heterocycles. The molecule has 0 aliphatic carbocycles. The Morgan fingerprint density at radius 2 is 2.20 bits per heavy atom. The van der Waals surface area contributed by atoms with Crippen molar-refractivity contribution in [2.75, 3.05) is 20.3 Å². The first-order valence-electron chi connectivity index (χ1n) is 5.74. The molecular weight excluding hydrogens is 414 g/mol. The Labute approximate surface area is 137 Å². The van der Waals surface area contributed by atoms with Gasteiger partial charge in [-0.05, 0) is 45.7 Å². The van der Waals surface area contributed by atoms with Gasteiger partial charge in [-0.15, -0.1) is 11.3 Å². The van der Waals surface area contributed by atoms with E-state index >= 15 is 0 Å². The van der Waals surface area contributed by atoms with E-state index in [1.165, 1.54) is 18.4 Å². The van der Waals surface area contributed by atoms with E-state index < -0.39 is 5.97 Å². The van der Waals surface area contributed by atoms with E-state index in [4.69, 9.17) is 9.47 Å². The first-order chi connectivity index (χ1) is 9.34. The number of hydrogen-bond acceptors (Lipinski definition) is 6. The lowest BCUT2D eigenvalue weighted by Crippen LogP contribution is -2.17. The Kier molecular flexibility index (Phi) is 4.76. The van der Waals surface area contributed by atoms with E-state index in [1.807, 2.05) is 13.8 Å². The molecule has 0 N–H and O–H groups in total. The zero-order valence-electron chi connectivity index (χ0n) is 11.2. The maximum absolute atomic E-state index is 11.2. The third kappa shape index (κ3) is 3.35. The number of rotatable bonds is 4. The van der Waals surface area contributed by atoms with Crippen LogP contribution in [0.5, 0.6) is 5.75 Å². The standard InChI is InChI=1S/C12H13Br2NO4S/c1-12(2)5-19-11(15-12)9-8(7(13)10(14)20-9)18-4-6(16)17-3/h4-5H2,1-3H3. The molecule has 2 heterocycles. The molecule has 1 aliphatic rings. The summed E-state index contributed by atoms with van der Waals surface area (Å²) in [6, 6.07) is 0. The molecule has 1 aromatic rings. The van der Waals surface area contributed by atoms with Crippen LogP contribution in [0.4, 0.5) is 0 Å². The lowest BCUT2D eigenvalue weighted by atomic mass is 10.1. The quantitative estimate of drug-likeness (QED) is 0.692. The lowest BCUT2D eigenvalue weighted by Gasteiger charge is -2.07. The summed E-state index contributed by atoms with van der Waals surface area (Å²) in [6.07, 6.45) is 0. The minimum atomic E-state index is -0.445. The number of thiophene rings is 1. The molecule has 0 bridgehead atoms. The molecule has 0 spiro atoms. The van der Waals surface area contributed by atoms with Crippen molar-refractivity contribution in [3.63, 3.8) is 0 Å². The average Bonchev–Trinajstić information content (AvgIpc) is 2.88. The molecule has 110 valence electrons. The number of carbonyl (C=O) groups excluding carboxylic acids is 1. The molecule has 0 aromatic carbocycles. The Morgan fingerprint density at radius 1 is 1.50 bits per heavy atom. The fourth-order valence-corrected chi connectivity index (χ4v) is 3.69. The van der Waals surface area contributed by atoms with Gasteiger partial charge in [-0.1, -0.05) is 0 Å². The molecule has 0 saturated heterocycles. The SMILES string of the molecule is COC(=O)COc1c(C2=NC(C)(C)CO2)sc(Br)c1Br. The highest BCUT2D eigenvalue weighted by atomic mass is 79.9. The Hall–Kier alpha value is -0.600. The van der Waals surface area contributed by atoms with Crippen LogP contribution in [0.15, 0.2) is 13.3 Å². The molecule has 0 saturated carbocycles. The number of ether oxygens (including phenoxy) is 3. The van der Waals surface area contributed by atoms with Crippen LogP contribution in [-0.4, -0.2) is 37.7 Å². The summed E-state index contributed by atoms with van der Waals surface area (Å²) in [6.45, 7) is 4.34. The second-order valence-electron chi connectivity index (χ2n) is 4.73. The third-order valence-corrected chi connectivity index (χ3v) is 5.87. The maximum atomic E-state index is 11.2. The van der Waals surface area contributed by atoms with Crippen LogP contribution >= 0.6 is 43.2 Å². The van der Waals surface area contributed by atoms with E-state index in [1.54, 1.807) is 0 Å². The number of aliphatic imine (C=N–C) groups is 1. The molecule has 1 aromatic heterocycles. The zero-order chi connectivity index (χ0) is 14.9. The lowest BCUT2D eigenvalue weighted by molar-refractivity contribution is -0.142. The number of halogens is 2. The van der Waals surface area contributed by atoms with Crippen molar-refractivity contribution in [3.8, 4) is 5.75 Å². The number of carbonyl (C=O) groups is 1. The second-order valence-corrected chi connectivity index (χ2v) is 7.86. The van der Waals surface area contributed by atoms with E-state index in [-0.39, 0.29) is 12.1 Å². The van der Waals surface area contributed by atoms with Gasteiger partial charge in [0.05, 0.1) is 20.9 Å². The van der Waals surface area contributed by atoms with Crippen molar-refractivity contribution < 1.29 is 19.0 Å². The van der Waals surface area contributed by atoms with Gasteiger partial charge in [-0.2, -0.15) is 0 Å². The van der Waals surface area contributed by atoms with E-state index in [0.717, 1.165) is 13.1 Å². The number of hydrogen-bond donors (Lipinski definition) is 0. The molecule has 0 fully saturated rings. The zero-order valence-corrected chi connectivity index (χ0v) is 15.1. The fourth-order valence-electron chi connectivity index (χ4n) is 1.53. The minimum absolute atomic E-state index is 0.165. The van der Waals surface area contributed by atoms with Crippen molar-refractivity contribution >= 4 is 55.1 Å². The highest BCUT2D eigenvalue weighted by Crippen LogP contribution is 2.44. The fraction of sp³-hybridized carbons (Fsp3) is 0.500. The first kappa shape index (κ1) is 15.8. The van der Waals surface area contributed by atoms with Gasteiger partial charge >= 0.3 is 5.97 Å². The summed E-state index contributed by atoms with van der Waals surface area (Å²) in [7, 11) is 1.32. The van der Waals surface area contributed by atoms with Crippen molar-refractivity contribution in [3.05, 3.63) is 13.1 Å².